The molecule has 0 aliphatic rings. The minimum atomic E-state index is -0.416. The third kappa shape index (κ3) is 4.43. The van der Waals surface area contributed by atoms with Crippen LogP contribution >= 0.6 is 0 Å². The number of rotatable bonds is 8. The summed E-state index contributed by atoms with van der Waals surface area (Å²) in [6, 6.07) is 5.30. The SMILES string of the molecule is CCCCC(CCC)Nc1cccc(N)c1[N+](=O)[O-]. The molecule has 19 heavy (non-hydrogen) atoms. The van der Waals surface area contributed by atoms with Crippen LogP contribution in [-0.2, 0) is 0 Å². The third-order valence-corrected chi connectivity index (χ3v) is 3.15. The number of anilines is 2. The quantitative estimate of drug-likeness (QED) is 0.423. The van der Waals surface area contributed by atoms with E-state index in [1.807, 2.05) is 0 Å². The first-order valence-electron chi connectivity index (χ1n) is 6.89. The Labute approximate surface area is 114 Å². The van der Waals surface area contributed by atoms with Crippen molar-refractivity contribution in [3.8, 4) is 0 Å². The van der Waals surface area contributed by atoms with E-state index in [0.717, 1.165) is 32.1 Å². The minimum Gasteiger partial charge on any atom is -0.393 e. The number of hydrogen-bond donors (Lipinski definition) is 2. The molecule has 1 rings (SSSR count). The van der Waals surface area contributed by atoms with Gasteiger partial charge in [-0.15, -0.1) is 0 Å². The zero-order chi connectivity index (χ0) is 14.3. The zero-order valence-corrected chi connectivity index (χ0v) is 11.7. The molecule has 1 unspecified atom stereocenters. The molecule has 1 atom stereocenters. The lowest BCUT2D eigenvalue weighted by Gasteiger charge is -2.19. The van der Waals surface area contributed by atoms with Crippen LogP contribution in [0.5, 0.6) is 0 Å². The van der Waals surface area contributed by atoms with Crippen LogP contribution in [0.2, 0.25) is 0 Å². The van der Waals surface area contributed by atoms with Gasteiger partial charge in [-0.1, -0.05) is 39.2 Å². The van der Waals surface area contributed by atoms with Crippen LogP contribution in [0.25, 0.3) is 0 Å². The van der Waals surface area contributed by atoms with Gasteiger partial charge in [-0.3, -0.25) is 10.1 Å². The molecule has 0 aromatic heterocycles. The van der Waals surface area contributed by atoms with Gasteiger partial charge in [0.15, 0.2) is 0 Å². The lowest BCUT2D eigenvalue weighted by Crippen LogP contribution is -2.20. The second-order valence-electron chi connectivity index (χ2n) is 4.77. The van der Waals surface area contributed by atoms with Gasteiger partial charge < -0.3 is 11.1 Å². The molecule has 0 spiro atoms. The summed E-state index contributed by atoms with van der Waals surface area (Å²) < 4.78 is 0. The standard InChI is InChI=1S/C14H23N3O2/c1-3-5-8-11(7-4-2)16-13-10-6-9-12(15)14(13)17(18)19/h6,9-11,16H,3-5,7-8,15H2,1-2H3. The summed E-state index contributed by atoms with van der Waals surface area (Å²) in [7, 11) is 0. The molecule has 0 saturated carbocycles. The van der Waals surface area contributed by atoms with Crippen LogP contribution < -0.4 is 11.1 Å². The molecule has 0 saturated heterocycles. The number of nitro groups is 1. The summed E-state index contributed by atoms with van der Waals surface area (Å²) >= 11 is 0. The maximum absolute atomic E-state index is 11.1. The van der Waals surface area contributed by atoms with Gasteiger partial charge in [0.1, 0.15) is 11.4 Å². The Bertz CT molecular complexity index is 421. The number of para-hydroxylation sites is 1. The molecule has 0 aliphatic heterocycles. The second-order valence-corrected chi connectivity index (χ2v) is 4.77. The lowest BCUT2D eigenvalue weighted by atomic mass is 10.0. The van der Waals surface area contributed by atoms with Gasteiger partial charge in [0.05, 0.1) is 4.92 Å². The van der Waals surface area contributed by atoms with Crippen molar-refractivity contribution in [3.63, 3.8) is 0 Å². The fourth-order valence-corrected chi connectivity index (χ4v) is 2.19. The van der Waals surface area contributed by atoms with Crippen LogP contribution in [-0.4, -0.2) is 11.0 Å². The molecule has 1 aromatic rings. The smallest absolute Gasteiger partial charge is 0.314 e. The molecule has 0 radical (unpaired) electrons. The Kier molecular flexibility index (Phi) is 6.12. The van der Waals surface area contributed by atoms with Gasteiger partial charge in [0.2, 0.25) is 0 Å². The number of hydrogen-bond acceptors (Lipinski definition) is 4. The van der Waals surface area contributed by atoms with Gasteiger partial charge >= 0.3 is 5.69 Å². The molecule has 0 amide bonds. The number of benzene rings is 1. The van der Waals surface area contributed by atoms with E-state index in [9.17, 15) is 10.1 Å². The Morgan fingerprint density at radius 3 is 2.63 bits per heavy atom. The summed E-state index contributed by atoms with van der Waals surface area (Å²) in [4.78, 5) is 10.7. The van der Waals surface area contributed by atoms with Crippen molar-refractivity contribution in [2.24, 2.45) is 0 Å². The monoisotopic (exact) mass is 265 g/mol. The molecule has 0 fully saturated rings. The summed E-state index contributed by atoms with van der Waals surface area (Å²) in [6.45, 7) is 4.26. The number of nitrogens with one attached hydrogen (secondary N) is 1. The molecule has 106 valence electrons. The van der Waals surface area contributed by atoms with Crippen molar-refractivity contribution in [2.45, 2.75) is 52.0 Å². The van der Waals surface area contributed by atoms with Crippen LogP contribution in [0.3, 0.4) is 0 Å². The third-order valence-electron chi connectivity index (χ3n) is 3.15. The Hall–Kier alpha value is -1.78. The molecule has 5 nitrogen and oxygen atoms in total. The van der Waals surface area contributed by atoms with Crippen LogP contribution in [0.1, 0.15) is 46.0 Å². The number of nitrogens with zero attached hydrogens (tertiary/aromatic N) is 1. The predicted octanol–water partition coefficient (Wildman–Crippen LogP) is 3.95. The number of nitrogens with two attached hydrogens (primary N) is 1. The Morgan fingerprint density at radius 1 is 1.32 bits per heavy atom. The molecule has 0 heterocycles. The highest BCUT2D eigenvalue weighted by atomic mass is 16.6. The van der Waals surface area contributed by atoms with Crippen molar-refractivity contribution in [1.29, 1.82) is 0 Å². The van der Waals surface area contributed by atoms with Crippen molar-refractivity contribution in [1.82, 2.24) is 0 Å². The van der Waals surface area contributed by atoms with Gasteiger partial charge in [-0.05, 0) is 25.0 Å². The van der Waals surface area contributed by atoms with Crippen molar-refractivity contribution >= 4 is 17.1 Å². The average Bonchev–Trinajstić information content (AvgIpc) is 2.35. The van der Waals surface area contributed by atoms with E-state index in [0.29, 0.717) is 5.69 Å². The molecule has 0 aliphatic carbocycles. The Morgan fingerprint density at radius 2 is 2.05 bits per heavy atom. The topological polar surface area (TPSA) is 81.2 Å². The first kappa shape index (κ1) is 15.3. The average molecular weight is 265 g/mol. The van der Waals surface area contributed by atoms with E-state index in [1.54, 1.807) is 18.2 Å². The van der Waals surface area contributed by atoms with Crippen LogP contribution in [0.4, 0.5) is 17.1 Å². The fourth-order valence-electron chi connectivity index (χ4n) is 2.19. The van der Waals surface area contributed by atoms with Gasteiger partial charge in [0.25, 0.3) is 0 Å². The molecule has 1 aromatic carbocycles. The van der Waals surface area contributed by atoms with Crippen molar-refractivity contribution in [2.75, 3.05) is 11.1 Å². The fraction of sp³-hybridized carbons (Fsp3) is 0.571. The number of nitro benzene ring substituents is 1. The van der Waals surface area contributed by atoms with E-state index in [2.05, 4.69) is 19.2 Å². The zero-order valence-electron chi connectivity index (χ0n) is 11.7. The highest BCUT2D eigenvalue weighted by molar-refractivity contribution is 5.74. The van der Waals surface area contributed by atoms with E-state index < -0.39 is 4.92 Å². The van der Waals surface area contributed by atoms with Gasteiger partial charge in [-0.25, -0.2) is 0 Å². The maximum atomic E-state index is 11.1. The Balaban J connectivity index is 2.89. The highest BCUT2D eigenvalue weighted by Crippen LogP contribution is 2.31. The van der Waals surface area contributed by atoms with Crippen LogP contribution in [0.15, 0.2) is 18.2 Å². The van der Waals surface area contributed by atoms with E-state index in [1.165, 1.54) is 0 Å². The lowest BCUT2D eigenvalue weighted by molar-refractivity contribution is -0.383. The molecule has 5 heteroatoms. The van der Waals surface area contributed by atoms with Crippen LogP contribution in [0, 0.1) is 10.1 Å². The normalized spacial score (nSPS) is 12.1. The number of unbranched alkanes of at least 4 members (excludes halogenated alkanes) is 1. The molecule has 0 bridgehead atoms. The summed E-state index contributed by atoms with van der Waals surface area (Å²) in [5.74, 6) is 0. The van der Waals surface area contributed by atoms with Crippen molar-refractivity contribution < 1.29 is 4.92 Å². The van der Waals surface area contributed by atoms with E-state index in [4.69, 9.17) is 5.73 Å². The maximum Gasteiger partial charge on any atom is 0.314 e. The van der Waals surface area contributed by atoms with E-state index in [-0.39, 0.29) is 17.4 Å². The second kappa shape index (κ2) is 7.61. The van der Waals surface area contributed by atoms with Gasteiger partial charge in [-0.2, -0.15) is 0 Å². The first-order chi connectivity index (χ1) is 9.10. The molecular weight excluding hydrogens is 242 g/mol. The van der Waals surface area contributed by atoms with Crippen molar-refractivity contribution in [3.05, 3.63) is 28.3 Å². The predicted molar refractivity (Wildman–Crippen MR) is 79.4 cm³/mol. The molecule has 3 N–H and O–H groups in total. The molecular formula is C14H23N3O2. The van der Waals surface area contributed by atoms with E-state index >= 15 is 0 Å². The highest BCUT2D eigenvalue weighted by Gasteiger charge is 2.19. The first-order valence-corrected chi connectivity index (χ1v) is 6.89. The van der Waals surface area contributed by atoms with Gasteiger partial charge in [0, 0.05) is 6.04 Å². The summed E-state index contributed by atoms with van der Waals surface area (Å²) in [5.41, 5.74) is 6.41. The summed E-state index contributed by atoms with van der Waals surface area (Å²) in [5, 5.41) is 14.4. The largest absolute Gasteiger partial charge is 0.393 e. The minimum absolute atomic E-state index is 0.0138. The summed E-state index contributed by atoms with van der Waals surface area (Å²) in [6.07, 6.45) is 5.33. The number of nitrogen functional groups attached to an aromatic ring is 1.